The number of pyridine rings is 1. The number of carbonyl (C=O) groups is 2. The second-order valence-corrected chi connectivity index (χ2v) is 12.0. The Morgan fingerprint density at radius 1 is 1.18 bits per heavy atom. The molecule has 1 saturated heterocycles. The van der Waals surface area contributed by atoms with Crippen molar-refractivity contribution in [2.24, 2.45) is 0 Å². The van der Waals surface area contributed by atoms with Gasteiger partial charge in [0.05, 0.1) is 18.3 Å². The zero-order valence-corrected chi connectivity index (χ0v) is 24.0. The number of benzene rings is 1. The first kappa shape index (κ1) is 27.8. The van der Waals surface area contributed by atoms with E-state index in [1.165, 1.54) is 11.3 Å². The van der Waals surface area contributed by atoms with Gasteiger partial charge < -0.3 is 19.3 Å². The summed E-state index contributed by atoms with van der Waals surface area (Å²) >= 11 is 1.52. The van der Waals surface area contributed by atoms with Gasteiger partial charge in [-0.2, -0.15) is 9.59 Å². The highest BCUT2D eigenvalue weighted by molar-refractivity contribution is 7.13. The largest absolute Gasteiger partial charge is 0.527 e. The number of imide groups is 1. The average molecular weight is 543 g/mol. The predicted molar refractivity (Wildman–Crippen MR) is 146 cm³/mol. The lowest BCUT2D eigenvalue weighted by Gasteiger charge is -2.31. The molecule has 204 valence electrons. The molecule has 1 aliphatic heterocycles. The third kappa shape index (κ3) is 5.07. The number of quaternary nitrogens is 1. The van der Waals surface area contributed by atoms with E-state index in [-0.39, 0.29) is 12.5 Å². The maximum atomic E-state index is 13.1. The minimum absolute atomic E-state index is 0.0472. The summed E-state index contributed by atoms with van der Waals surface area (Å²) in [4.78, 5) is 35.3. The van der Waals surface area contributed by atoms with Crippen LogP contribution in [0.15, 0.2) is 23.6 Å². The van der Waals surface area contributed by atoms with Gasteiger partial charge in [0.25, 0.3) is 0 Å². The number of methoxy groups -OCH3 is 1. The van der Waals surface area contributed by atoms with Crippen LogP contribution in [0.3, 0.4) is 0 Å². The molecule has 10 heteroatoms. The number of ether oxygens (including phenoxy) is 3. The number of amides is 2. The molecule has 0 saturated carbocycles. The molecule has 38 heavy (non-hydrogen) atoms. The van der Waals surface area contributed by atoms with Gasteiger partial charge in [-0.05, 0) is 52.7 Å². The molecular formula is C28H36N3O6S+. The van der Waals surface area contributed by atoms with Gasteiger partial charge in [-0.3, -0.25) is 0 Å². The van der Waals surface area contributed by atoms with Crippen molar-refractivity contribution in [1.82, 2.24) is 9.97 Å². The molecule has 0 aliphatic carbocycles. The molecule has 1 aromatic carbocycles. The Bertz CT molecular complexity index is 1380. The SMILES string of the molecule is COc1ccc2c(O[C@@H]3CC(C)[N+](C(=O)O)(C(=O)OC(C)(C)C)C3)cc(-c3nc(C(C)C)cs3)nc2c1C. The molecule has 0 radical (unpaired) electrons. The molecule has 3 atom stereocenters. The van der Waals surface area contributed by atoms with Crippen LogP contribution in [0.5, 0.6) is 11.5 Å². The van der Waals surface area contributed by atoms with Gasteiger partial charge in [0.15, 0.2) is 6.10 Å². The predicted octanol–water partition coefficient (Wildman–Crippen LogP) is 6.77. The van der Waals surface area contributed by atoms with E-state index in [1.54, 1.807) is 34.8 Å². The summed E-state index contributed by atoms with van der Waals surface area (Å²) in [6, 6.07) is 5.07. The Kier molecular flexibility index (Phi) is 7.42. The molecular weight excluding hydrogens is 506 g/mol. The lowest BCUT2D eigenvalue weighted by molar-refractivity contribution is -0.797. The normalized spacial score (nSPS) is 21.6. The van der Waals surface area contributed by atoms with Gasteiger partial charge >= 0.3 is 12.2 Å². The number of aryl methyl sites for hydroxylation is 1. The van der Waals surface area contributed by atoms with Gasteiger partial charge in [-0.25, -0.2) is 9.97 Å². The molecule has 0 bridgehead atoms. The van der Waals surface area contributed by atoms with E-state index in [0.29, 0.717) is 23.6 Å². The number of rotatable bonds is 5. The second-order valence-electron chi connectivity index (χ2n) is 11.2. The first-order valence-electron chi connectivity index (χ1n) is 12.7. The van der Waals surface area contributed by atoms with E-state index in [2.05, 4.69) is 13.8 Å². The van der Waals surface area contributed by atoms with E-state index >= 15 is 0 Å². The number of aromatic nitrogens is 2. The summed E-state index contributed by atoms with van der Waals surface area (Å²) in [6.07, 6.45) is -2.19. The number of hydrogen-bond acceptors (Lipinski definition) is 8. The monoisotopic (exact) mass is 542 g/mol. The van der Waals surface area contributed by atoms with Crippen LogP contribution >= 0.6 is 11.3 Å². The Hall–Kier alpha value is -3.24. The van der Waals surface area contributed by atoms with Gasteiger partial charge in [0.1, 0.15) is 40.4 Å². The number of hydrogen-bond donors (Lipinski definition) is 1. The first-order valence-corrected chi connectivity index (χ1v) is 13.6. The first-order chi connectivity index (χ1) is 17.8. The highest BCUT2D eigenvalue weighted by Gasteiger charge is 2.60. The van der Waals surface area contributed by atoms with Crippen LogP contribution in [-0.4, -0.2) is 63.1 Å². The molecule has 1 fully saturated rings. The van der Waals surface area contributed by atoms with Crippen molar-refractivity contribution < 1.29 is 33.4 Å². The summed E-state index contributed by atoms with van der Waals surface area (Å²) in [5.41, 5.74) is 2.42. The number of likely N-dealkylation sites (tertiary alicyclic amines) is 1. The summed E-state index contributed by atoms with van der Waals surface area (Å²) in [5, 5.41) is 13.8. The van der Waals surface area contributed by atoms with Crippen LogP contribution in [0, 0.1) is 6.92 Å². The maximum Gasteiger partial charge on any atom is 0.527 e. The zero-order chi connectivity index (χ0) is 28.0. The lowest BCUT2D eigenvalue weighted by atomic mass is 10.1. The molecule has 2 amide bonds. The quantitative estimate of drug-likeness (QED) is 0.352. The van der Waals surface area contributed by atoms with Crippen molar-refractivity contribution in [2.75, 3.05) is 13.7 Å². The number of carbonyl (C=O) groups excluding carboxylic acids is 1. The summed E-state index contributed by atoms with van der Waals surface area (Å²) < 4.78 is 16.7. The molecule has 2 unspecified atom stereocenters. The fourth-order valence-corrected chi connectivity index (χ4v) is 5.76. The lowest BCUT2D eigenvalue weighted by Crippen LogP contribution is -2.60. The van der Waals surface area contributed by atoms with Crippen LogP contribution < -0.4 is 9.47 Å². The molecule has 1 aliphatic rings. The van der Waals surface area contributed by atoms with E-state index in [9.17, 15) is 14.7 Å². The topological polar surface area (TPSA) is 108 Å². The summed E-state index contributed by atoms with van der Waals surface area (Å²) in [5.74, 6) is 1.55. The van der Waals surface area contributed by atoms with Crippen LogP contribution in [0.2, 0.25) is 0 Å². The Morgan fingerprint density at radius 2 is 1.89 bits per heavy atom. The highest BCUT2D eigenvalue weighted by atomic mass is 32.1. The molecule has 3 aromatic rings. The van der Waals surface area contributed by atoms with Crippen molar-refractivity contribution in [2.45, 2.75) is 78.6 Å². The minimum Gasteiger partial charge on any atom is -0.496 e. The molecule has 3 heterocycles. The number of carboxylic acid groups (broad SMARTS) is 1. The van der Waals surface area contributed by atoms with Crippen LogP contribution in [0.25, 0.3) is 21.6 Å². The summed E-state index contributed by atoms with van der Waals surface area (Å²) in [7, 11) is 1.62. The maximum absolute atomic E-state index is 13.1. The Morgan fingerprint density at radius 3 is 2.47 bits per heavy atom. The van der Waals surface area contributed by atoms with Crippen LogP contribution in [-0.2, 0) is 4.74 Å². The Labute approximate surface area is 227 Å². The number of thiazole rings is 1. The van der Waals surface area contributed by atoms with Gasteiger partial charge in [0.2, 0.25) is 0 Å². The highest BCUT2D eigenvalue weighted by Crippen LogP contribution is 2.39. The zero-order valence-electron chi connectivity index (χ0n) is 23.2. The van der Waals surface area contributed by atoms with Crippen molar-refractivity contribution in [3.05, 3.63) is 34.8 Å². The van der Waals surface area contributed by atoms with E-state index in [0.717, 1.165) is 27.2 Å². The fraction of sp³-hybridized carbons (Fsp3) is 0.500. The Balaban J connectivity index is 1.76. The van der Waals surface area contributed by atoms with Gasteiger partial charge in [0, 0.05) is 28.8 Å². The van der Waals surface area contributed by atoms with Crippen molar-refractivity contribution in [3.63, 3.8) is 0 Å². The standard InChI is InChI=1S/C28H35N3O6S/c1-15(2)21-14-38-25(30-21)20-12-23(19-9-10-22(35-8)17(4)24(19)29-20)36-18-11-16(3)31(13-18,26(32)33)27(34)37-28(5,6)7/h9-10,12,14-16,18H,11,13H2,1-8H3/p+1/t16?,18-,31?/m1/s1. The van der Waals surface area contributed by atoms with Gasteiger partial charge in [-0.1, -0.05) is 13.8 Å². The van der Waals surface area contributed by atoms with Crippen molar-refractivity contribution in [3.8, 4) is 22.2 Å². The molecule has 4 rings (SSSR count). The van der Waals surface area contributed by atoms with E-state index < -0.39 is 34.4 Å². The average Bonchev–Trinajstić information content (AvgIpc) is 3.44. The molecule has 1 N–H and O–H groups in total. The van der Waals surface area contributed by atoms with Gasteiger partial charge in [-0.15, -0.1) is 15.8 Å². The summed E-state index contributed by atoms with van der Waals surface area (Å²) in [6.45, 7) is 13.0. The fourth-order valence-electron chi connectivity index (χ4n) is 4.82. The smallest absolute Gasteiger partial charge is 0.496 e. The van der Waals surface area contributed by atoms with Crippen LogP contribution in [0.1, 0.15) is 65.1 Å². The third-order valence-corrected chi connectivity index (χ3v) is 7.78. The number of nitrogens with zero attached hydrogens (tertiary/aromatic N) is 3. The second kappa shape index (κ2) is 10.1. The third-order valence-electron chi connectivity index (χ3n) is 6.90. The molecule has 2 aromatic heterocycles. The van der Waals surface area contributed by atoms with E-state index in [1.807, 2.05) is 30.5 Å². The van der Waals surface area contributed by atoms with E-state index in [4.69, 9.17) is 24.2 Å². The van der Waals surface area contributed by atoms with Crippen molar-refractivity contribution >= 4 is 34.4 Å². The minimum atomic E-state index is -1.25. The molecule has 9 nitrogen and oxygen atoms in total. The van der Waals surface area contributed by atoms with Crippen molar-refractivity contribution in [1.29, 1.82) is 0 Å². The molecule has 0 spiro atoms. The van der Waals surface area contributed by atoms with Crippen LogP contribution in [0.4, 0.5) is 9.59 Å². The number of fused-ring (bicyclic) bond motifs is 1.